The summed E-state index contributed by atoms with van der Waals surface area (Å²) in [6.45, 7) is 1.75. The van der Waals surface area contributed by atoms with Gasteiger partial charge in [-0.05, 0) is 49.7 Å². The fourth-order valence-electron chi connectivity index (χ4n) is 4.67. The molecule has 17 heteroatoms. The summed E-state index contributed by atoms with van der Waals surface area (Å²) in [6, 6.07) is 14.5. The number of hydrogen-bond acceptors (Lipinski definition) is 6. The van der Waals surface area contributed by atoms with Crippen molar-refractivity contribution in [1.29, 1.82) is 0 Å². The molecular formula is C31H37F6N5O6. The number of H-pyrrole nitrogens is 1. The highest BCUT2D eigenvalue weighted by atomic mass is 19.4. The molecule has 0 bridgehead atoms. The summed E-state index contributed by atoms with van der Waals surface area (Å²) in [6.07, 6.45) is -3.41. The number of hydrogen-bond donors (Lipinski definition) is 5. The lowest BCUT2D eigenvalue weighted by atomic mass is 10.0. The number of halogens is 6. The number of carboxylic acid groups (broad SMARTS) is 2. The zero-order chi connectivity index (χ0) is 36.1. The summed E-state index contributed by atoms with van der Waals surface area (Å²) >= 11 is 0. The van der Waals surface area contributed by atoms with Gasteiger partial charge >= 0.3 is 24.3 Å². The Hall–Kier alpha value is -4.67. The van der Waals surface area contributed by atoms with E-state index in [1.54, 1.807) is 7.05 Å². The van der Waals surface area contributed by atoms with E-state index in [4.69, 9.17) is 19.8 Å². The van der Waals surface area contributed by atoms with Crippen molar-refractivity contribution in [3.63, 3.8) is 0 Å². The zero-order valence-electron chi connectivity index (χ0n) is 26.1. The molecule has 1 saturated heterocycles. The highest BCUT2D eigenvalue weighted by Crippen LogP contribution is 2.26. The number of alkyl halides is 6. The molecule has 2 atom stereocenters. The number of imidazole rings is 1. The molecule has 0 radical (unpaired) electrons. The van der Waals surface area contributed by atoms with Gasteiger partial charge in [0.2, 0.25) is 11.8 Å². The summed E-state index contributed by atoms with van der Waals surface area (Å²) in [4.78, 5) is 52.6. The minimum atomic E-state index is -5.08. The second-order valence-electron chi connectivity index (χ2n) is 10.9. The molecule has 2 amide bonds. The summed E-state index contributed by atoms with van der Waals surface area (Å²) in [5.41, 5.74) is 2.02. The van der Waals surface area contributed by atoms with Gasteiger partial charge in [-0.25, -0.2) is 14.6 Å². The van der Waals surface area contributed by atoms with Crippen molar-refractivity contribution < 1.29 is 55.7 Å². The van der Waals surface area contributed by atoms with Gasteiger partial charge in [0.05, 0.1) is 23.9 Å². The molecule has 1 fully saturated rings. The Kier molecular flexibility index (Phi) is 14.8. The van der Waals surface area contributed by atoms with Gasteiger partial charge in [0.1, 0.15) is 5.82 Å². The number of carbonyl (C=O) groups excluding carboxylic acids is 2. The summed E-state index contributed by atoms with van der Waals surface area (Å²) in [5.74, 6) is -4.53. The first kappa shape index (κ1) is 39.5. The number of amides is 2. The van der Waals surface area contributed by atoms with Crippen LogP contribution in [0.25, 0.3) is 22.0 Å². The first-order valence-electron chi connectivity index (χ1n) is 14.8. The van der Waals surface area contributed by atoms with Crippen molar-refractivity contribution in [2.75, 3.05) is 27.2 Å². The third kappa shape index (κ3) is 13.2. The van der Waals surface area contributed by atoms with E-state index >= 15 is 0 Å². The predicted molar refractivity (Wildman–Crippen MR) is 163 cm³/mol. The van der Waals surface area contributed by atoms with Crippen molar-refractivity contribution in [2.45, 2.75) is 56.9 Å². The van der Waals surface area contributed by atoms with Crippen LogP contribution in [-0.4, -0.2) is 88.4 Å². The van der Waals surface area contributed by atoms with Crippen molar-refractivity contribution in [1.82, 2.24) is 25.5 Å². The zero-order valence-corrected chi connectivity index (χ0v) is 26.1. The quantitative estimate of drug-likeness (QED) is 0.141. The highest BCUT2D eigenvalue weighted by molar-refractivity contribution is 5.86. The fraction of sp³-hybridized carbons (Fsp3) is 0.452. The second kappa shape index (κ2) is 18.0. The standard InChI is InChI=1S/C27H35N5O2.2C2HF3O2/c1-28-25(33)11-5-3-4-10-23(31-27(34)22-14-15-32(2)18-22)26-29-17-24(30-26)21-13-12-19-8-6-7-9-20(19)16-21;2*3-2(4,5)1(6)7/h6-9,12-13,16-17,22-23H,3-5,10-11,14-15,18H2,1-2H3,(H,28,33)(H,29,30)(H,31,34);2*(H,6,7)/t22-,23+;;/m1../s1. The Labute approximate surface area is 271 Å². The molecule has 0 saturated carbocycles. The normalized spacial score (nSPS) is 15.4. The Morgan fingerprint density at radius 2 is 1.56 bits per heavy atom. The number of aromatic amines is 1. The molecule has 1 aliphatic rings. The van der Waals surface area contributed by atoms with Crippen LogP contribution in [0.2, 0.25) is 0 Å². The van der Waals surface area contributed by atoms with E-state index in [0.717, 1.165) is 62.3 Å². The first-order valence-corrected chi connectivity index (χ1v) is 14.8. The predicted octanol–water partition coefficient (Wildman–Crippen LogP) is 5.30. The molecule has 3 aromatic rings. The number of nitrogens with zero attached hydrogens (tertiary/aromatic N) is 2. The summed E-state index contributed by atoms with van der Waals surface area (Å²) in [7, 11) is 3.72. The maximum Gasteiger partial charge on any atom is 0.490 e. The monoisotopic (exact) mass is 689 g/mol. The van der Waals surface area contributed by atoms with Crippen LogP contribution in [0.3, 0.4) is 0 Å². The van der Waals surface area contributed by atoms with E-state index in [1.807, 2.05) is 18.3 Å². The molecule has 264 valence electrons. The van der Waals surface area contributed by atoms with Crippen LogP contribution >= 0.6 is 0 Å². The maximum atomic E-state index is 13.0. The largest absolute Gasteiger partial charge is 0.490 e. The van der Waals surface area contributed by atoms with Crippen LogP contribution in [-0.2, 0) is 19.2 Å². The molecular weight excluding hydrogens is 652 g/mol. The van der Waals surface area contributed by atoms with Gasteiger partial charge in [-0.2, -0.15) is 26.3 Å². The molecule has 0 unspecified atom stereocenters. The SMILES string of the molecule is CNC(=O)CCCCC[C@H](NC(=O)[C@@H]1CCN(C)C1)c1ncc(-c2ccc3ccccc3c2)[nH]1.O=C(O)C(F)(F)F.O=C(O)C(F)(F)F. The molecule has 0 aliphatic carbocycles. The Bertz CT molecular complexity index is 1500. The Morgan fingerprint density at radius 1 is 0.958 bits per heavy atom. The molecule has 2 heterocycles. The number of fused-ring (bicyclic) bond motifs is 1. The average Bonchev–Trinajstić information content (AvgIpc) is 3.69. The molecule has 1 aromatic heterocycles. The van der Waals surface area contributed by atoms with Crippen molar-refractivity contribution in [2.24, 2.45) is 5.92 Å². The third-order valence-corrected chi connectivity index (χ3v) is 7.23. The number of aliphatic carboxylic acids is 2. The van der Waals surface area contributed by atoms with Gasteiger partial charge in [0, 0.05) is 25.6 Å². The van der Waals surface area contributed by atoms with E-state index < -0.39 is 24.3 Å². The van der Waals surface area contributed by atoms with E-state index in [-0.39, 0.29) is 23.8 Å². The van der Waals surface area contributed by atoms with E-state index in [9.17, 15) is 35.9 Å². The van der Waals surface area contributed by atoms with Gasteiger partial charge in [-0.15, -0.1) is 0 Å². The number of benzene rings is 2. The lowest BCUT2D eigenvalue weighted by Crippen LogP contribution is -2.35. The number of unbranched alkanes of at least 4 members (excludes halogenated alkanes) is 2. The van der Waals surface area contributed by atoms with Crippen LogP contribution < -0.4 is 10.6 Å². The third-order valence-electron chi connectivity index (χ3n) is 7.23. The van der Waals surface area contributed by atoms with Crippen molar-refractivity contribution in [3.8, 4) is 11.3 Å². The molecule has 2 aromatic carbocycles. The van der Waals surface area contributed by atoms with Crippen LogP contribution in [0.5, 0.6) is 0 Å². The number of nitrogens with one attached hydrogen (secondary N) is 3. The molecule has 0 spiro atoms. The molecule has 5 N–H and O–H groups in total. The van der Waals surface area contributed by atoms with E-state index in [1.165, 1.54) is 10.8 Å². The van der Waals surface area contributed by atoms with Gasteiger partial charge in [-0.3, -0.25) is 9.59 Å². The summed E-state index contributed by atoms with van der Waals surface area (Å²) < 4.78 is 63.5. The van der Waals surface area contributed by atoms with Gasteiger partial charge in [0.15, 0.2) is 0 Å². The second-order valence-corrected chi connectivity index (χ2v) is 10.9. The Balaban J connectivity index is 0.000000479. The van der Waals surface area contributed by atoms with Crippen LogP contribution in [0.15, 0.2) is 48.7 Å². The molecule has 48 heavy (non-hydrogen) atoms. The van der Waals surface area contributed by atoms with Gasteiger partial charge in [0.25, 0.3) is 0 Å². The van der Waals surface area contributed by atoms with Crippen LogP contribution in [0.1, 0.15) is 50.4 Å². The smallest absolute Gasteiger partial charge is 0.475 e. The van der Waals surface area contributed by atoms with Crippen LogP contribution in [0.4, 0.5) is 26.3 Å². The topological polar surface area (TPSA) is 165 Å². The highest BCUT2D eigenvalue weighted by Gasteiger charge is 2.39. The fourth-order valence-corrected chi connectivity index (χ4v) is 4.67. The Morgan fingerprint density at radius 3 is 2.10 bits per heavy atom. The molecule has 11 nitrogen and oxygen atoms in total. The minimum absolute atomic E-state index is 0.0238. The maximum absolute atomic E-state index is 13.0. The molecule has 1 aliphatic heterocycles. The number of aromatic nitrogens is 2. The number of likely N-dealkylation sites (tertiary alicyclic amines) is 1. The average molecular weight is 690 g/mol. The number of rotatable bonds is 10. The van der Waals surface area contributed by atoms with E-state index in [0.29, 0.717) is 6.42 Å². The lowest BCUT2D eigenvalue weighted by molar-refractivity contribution is -0.193. The van der Waals surface area contributed by atoms with E-state index in [2.05, 4.69) is 62.9 Å². The van der Waals surface area contributed by atoms with Crippen molar-refractivity contribution >= 4 is 34.5 Å². The number of carbonyl (C=O) groups is 4. The number of carboxylic acids is 2. The minimum Gasteiger partial charge on any atom is -0.475 e. The van der Waals surface area contributed by atoms with Crippen molar-refractivity contribution in [3.05, 3.63) is 54.5 Å². The first-order chi connectivity index (χ1) is 22.4. The lowest BCUT2D eigenvalue weighted by Gasteiger charge is -2.19. The van der Waals surface area contributed by atoms with Gasteiger partial charge < -0.3 is 30.7 Å². The molecule has 4 rings (SSSR count). The van der Waals surface area contributed by atoms with Gasteiger partial charge in [-0.1, -0.05) is 49.2 Å². The summed E-state index contributed by atoms with van der Waals surface area (Å²) in [5, 5.41) is 22.6. The van der Waals surface area contributed by atoms with Crippen LogP contribution in [0, 0.1) is 5.92 Å².